The van der Waals surface area contributed by atoms with Crippen molar-refractivity contribution in [1.82, 2.24) is 28.9 Å². The van der Waals surface area contributed by atoms with Gasteiger partial charge in [0.15, 0.2) is 41.1 Å². The summed E-state index contributed by atoms with van der Waals surface area (Å²) in [5, 5.41) is 0. The molecule has 6 fully saturated rings. The highest BCUT2D eigenvalue weighted by Gasteiger charge is 2.37. The van der Waals surface area contributed by atoms with Gasteiger partial charge < -0.3 is 57.3 Å². The monoisotopic (exact) mass is 1630 g/mol. The Kier molecular flexibility index (Phi) is 30.5. The molecule has 6 aromatic rings. The number of piperazine rings is 3. The number of hydrogen-bond donors (Lipinski definition) is 3. The Morgan fingerprint density at radius 1 is 0.357 bits per heavy atom. The quantitative estimate of drug-likeness (QED) is 0.0406. The van der Waals surface area contributed by atoms with Crippen molar-refractivity contribution >= 4 is 47.1 Å². The summed E-state index contributed by atoms with van der Waals surface area (Å²) in [4.78, 5) is 14.5. The van der Waals surface area contributed by atoms with E-state index in [0.717, 1.165) is 154 Å². The third-order valence-corrected chi connectivity index (χ3v) is 25.9. The summed E-state index contributed by atoms with van der Waals surface area (Å²) in [7, 11) is -2.05. The molecule has 6 aromatic carbocycles. The second-order valence-corrected chi connectivity index (χ2v) is 34.6. The standard InChI is InChI=1S/2C27H38FN3O5S.C26H34F3N3O5S/c2*1-19(2)36-26-17-20(28)5-11-24(26)31-15-13-30(14-16-31)22-8-6-21(7-9-22)29-37(32,33)23-10-12-25(34-3)27(18-23)35-4;1-35-24-12-11-21(17-25(24)36-2)38(33,34)30-19-7-9-20(10-8-19)31-13-15-32(16-14-31)22-5-3-4-6-23(22)37-18-26(27,28)29/h2*5,10-12,17-19,21-22,29H,6-9,13-16H2,1-4H3;3-6,11-12,17,19-20,30H,7-10,13-16,18H2,1-2H3. The second-order valence-electron chi connectivity index (χ2n) is 29.4. The van der Waals surface area contributed by atoms with E-state index in [2.05, 4.69) is 43.6 Å². The van der Waals surface area contributed by atoms with Gasteiger partial charge in [-0.2, -0.15) is 13.2 Å². The molecule has 6 aliphatic rings. The SMILES string of the molecule is COc1ccc(S(=O)(=O)NC2CCC(N3CCN(c4ccc(F)cc4OC(C)C)CC3)CC2)cc1OC.COc1ccc(S(=O)(=O)NC2CCC(N3CCN(c4ccc(F)cc4OC(C)C)CC3)CC2)cc1OC.COc1ccc(S(=O)(=O)NC2CCC(N3CCN(c4ccccc4OCC(F)(F)F)CC3)CC2)cc1OC. The fraction of sp³-hybridized carbons (Fsp3) is 0.550. The highest BCUT2D eigenvalue weighted by molar-refractivity contribution is 7.90. The molecule has 3 N–H and O–H groups in total. The molecule has 0 spiro atoms. The number of rotatable bonds is 27. The molecule has 0 amide bonds. The van der Waals surface area contributed by atoms with Crippen LogP contribution in [0.5, 0.6) is 51.7 Å². The summed E-state index contributed by atoms with van der Waals surface area (Å²) in [6.07, 6.45) is 5.69. The molecule has 0 atom stereocenters. The normalized spacial score (nSPS) is 21.2. The minimum Gasteiger partial charge on any atom is -0.493 e. The molecule has 0 radical (unpaired) electrons. The Hall–Kier alpha value is -7.82. The van der Waals surface area contributed by atoms with Crippen LogP contribution in [0.15, 0.2) is 130 Å². The molecular weight excluding hydrogens is 1520 g/mol. The van der Waals surface area contributed by atoms with Gasteiger partial charge in [0.05, 0.1) is 86.6 Å². The Morgan fingerprint density at radius 3 is 0.920 bits per heavy atom. The lowest BCUT2D eigenvalue weighted by Crippen LogP contribution is -2.52. The largest absolute Gasteiger partial charge is 0.493 e. The molecule has 3 saturated carbocycles. The van der Waals surface area contributed by atoms with Crippen LogP contribution >= 0.6 is 0 Å². The number of alkyl halides is 3. The zero-order chi connectivity index (χ0) is 80.5. The van der Waals surface area contributed by atoms with Crippen molar-refractivity contribution < 1.29 is 89.8 Å². The van der Waals surface area contributed by atoms with Gasteiger partial charge in [0.1, 0.15) is 28.9 Å². The van der Waals surface area contributed by atoms with Crippen molar-refractivity contribution in [3.05, 3.63) is 127 Å². The number of nitrogens with one attached hydrogen (secondary N) is 3. The lowest BCUT2D eigenvalue weighted by atomic mass is 9.90. The van der Waals surface area contributed by atoms with Crippen LogP contribution in [-0.2, 0) is 30.1 Å². The van der Waals surface area contributed by atoms with Gasteiger partial charge in [0.25, 0.3) is 0 Å². The van der Waals surface area contributed by atoms with Gasteiger partial charge in [0.2, 0.25) is 30.1 Å². The number of sulfonamides is 3. The van der Waals surface area contributed by atoms with Crippen molar-refractivity contribution in [3.63, 3.8) is 0 Å². The van der Waals surface area contributed by atoms with Crippen LogP contribution in [0.1, 0.15) is 105 Å². The van der Waals surface area contributed by atoms with Crippen molar-refractivity contribution in [2.24, 2.45) is 0 Å². The average molecular weight is 1630 g/mol. The molecule has 3 heterocycles. The first-order valence-corrected chi connectivity index (χ1v) is 42.9. The van der Waals surface area contributed by atoms with Gasteiger partial charge >= 0.3 is 6.18 Å². The first-order chi connectivity index (χ1) is 53.5. The van der Waals surface area contributed by atoms with Crippen LogP contribution in [0.3, 0.4) is 0 Å². The first-order valence-electron chi connectivity index (χ1n) is 38.4. The molecule has 3 aliphatic carbocycles. The zero-order valence-electron chi connectivity index (χ0n) is 65.7. The lowest BCUT2D eigenvalue weighted by molar-refractivity contribution is -0.153. The van der Waals surface area contributed by atoms with Crippen molar-refractivity contribution in [1.29, 1.82) is 0 Å². The third kappa shape index (κ3) is 23.5. The Balaban J connectivity index is 0.000000178. The van der Waals surface area contributed by atoms with Crippen LogP contribution in [0.4, 0.5) is 39.0 Å². The smallest absolute Gasteiger partial charge is 0.422 e. The Labute approximate surface area is 657 Å². The van der Waals surface area contributed by atoms with Crippen LogP contribution in [0.25, 0.3) is 0 Å². The Bertz CT molecular complexity index is 4190. The maximum absolute atomic E-state index is 13.8. The number of ether oxygens (including phenoxy) is 9. The summed E-state index contributed by atoms with van der Waals surface area (Å²) in [5.74, 6) is 3.39. The van der Waals surface area contributed by atoms with E-state index in [-0.39, 0.29) is 62.4 Å². The number of benzene rings is 6. The first kappa shape index (κ1) is 86.6. The van der Waals surface area contributed by atoms with Crippen molar-refractivity contribution in [2.45, 2.75) is 174 Å². The fourth-order valence-electron chi connectivity index (χ4n) is 15.7. The van der Waals surface area contributed by atoms with Gasteiger partial charge in [-0.3, -0.25) is 14.7 Å². The van der Waals surface area contributed by atoms with E-state index in [1.165, 1.54) is 103 Å². The molecule has 618 valence electrons. The molecule has 12 rings (SSSR count). The Morgan fingerprint density at radius 2 is 0.643 bits per heavy atom. The molecule has 0 unspecified atom stereocenters. The van der Waals surface area contributed by atoms with E-state index in [4.69, 9.17) is 42.6 Å². The molecule has 24 nitrogen and oxygen atoms in total. The van der Waals surface area contributed by atoms with Gasteiger partial charge in [-0.1, -0.05) is 12.1 Å². The number of para-hydroxylation sites is 2. The topological polar surface area (TPSA) is 241 Å². The predicted molar refractivity (Wildman–Crippen MR) is 421 cm³/mol. The van der Waals surface area contributed by atoms with E-state index in [1.54, 1.807) is 54.6 Å². The maximum atomic E-state index is 13.8. The average Bonchev–Trinajstić information content (AvgIpc) is 0.830. The number of nitrogens with zero attached hydrogens (tertiary/aromatic N) is 6. The molecule has 112 heavy (non-hydrogen) atoms. The van der Waals surface area contributed by atoms with Gasteiger partial charge in [0, 0.05) is 145 Å². The van der Waals surface area contributed by atoms with E-state index in [1.807, 2.05) is 27.7 Å². The third-order valence-electron chi connectivity index (χ3n) is 21.4. The number of methoxy groups -OCH3 is 6. The van der Waals surface area contributed by atoms with Gasteiger partial charge in [-0.25, -0.2) is 48.2 Å². The van der Waals surface area contributed by atoms with E-state index < -0.39 is 42.9 Å². The molecule has 3 saturated heterocycles. The maximum Gasteiger partial charge on any atom is 0.422 e. The van der Waals surface area contributed by atoms with Crippen molar-refractivity contribution in [2.75, 3.05) is 143 Å². The lowest BCUT2D eigenvalue weighted by Gasteiger charge is -2.43. The van der Waals surface area contributed by atoms with Crippen molar-refractivity contribution in [3.8, 4) is 51.7 Å². The molecule has 0 bridgehead atoms. The molecule has 32 heteroatoms. The van der Waals surface area contributed by atoms with E-state index in [0.29, 0.717) is 82.9 Å². The molecule has 0 aromatic heterocycles. The highest BCUT2D eigenvalue weighted by atomic mass is 32.2. The van der Waals surface area contributed by atoms with Gasteiger partial charge in [-0.15, -0.1) is 0 Å². The summed E-state index contributed by atoms with van der Waals surface area (Å²) < 4.78 is 200. The summed E-state index contributed by atoms with van der Waals surface area (Å²) in [6.45, 7) is 16.4. The number of halogens is 5. The summed E-state index contributed by atoms with van der Waals surface area (Å²) in [6, 6.07) is 31.0. The highest BCUT2D eigenvalue weighted by Crippen LogP contribution is 2.39. The minimum absolute atomic E-state index is 0.0267. The van der Waals surface area contributed by atoms with Crippen LogP contribution in [0.2, 0.25) is 0 Å². The van der Waals surface area contributed by atoms with E-state index >= 15 is 0 Å². The van der Waals surface area contributed by atoms with Crippen LogP contribution in [-0.4, -0.2) is 222 Å². The summed E-state index contributed by atoms with van der Waals surface area (Å²) >= 11 is 0. The zero-order valence-corrected chi connectivity index (χ0v) is 68.1. The predicted octanol–water partition coefficient (Wildman–Crippen LogP) is 12.1. The minimum atomic E-state index is -4.39. The second kappa shape index (κ2) is 39.5. The van der Waals surface area contributed by atoms with E-state index in [9.17, 15) is 47.2 Å². The number of hydrogen-bond acceptors (Lipinski definition) is 21. The molecular formula is C80H110F5N9O15S3. The molecule has 3 aliphatic heterocycles. The van der Waals surface area contributed by atoms with Crippen LogP contribution in [0, 0.1) is 11.6 Å². The summed E-state index contributed by atoms with van der Waals surface area (Å²) in [5.41, 5.74) is 2.54. The fourth-order valence-corrected chi connectivity index (χ4v) is 19.6. The van der Waals surface area contributed by atoms with Crippen LogP contribution < -0.4 is 71.5 Å². The van der Waals surface area contributed by atoms with Gasteiger partial charge in [-0.05, 0) is 178 Å². The number of anilines is 3.